The summed E-state index contributed by atoms with van der Waals surface area (Å²) in [7, 11) is 0. The number of aromatic hydroxyl groups is 2. The fourth-order valence-corrected chi connectivity index (χ4v) is 2.50. The van der Waals surface area contributed by atoms with Crippen molar-refractivity contribution in [1.29, 1.82) is 0 Å². The monoisotopic (exact) mass is 290 g/mol. The summed E-state index contributed by atoms with van der Waals surface area (Å²) in [5.41, 5.74) is 0.997. The molecule has 0 aliphatic carbocycles. The molecule has 0 spiro atoms. The summed E-state index contributed by atoms with van der Waals surface area (Å²) in [5.74, 6) is 0.284. The van der Waals surface area contributed by atoms with Crippen LogP contribution in [-0.2, 0) is 6.42 Å². The molecule has 2 N–H and O–H groups in total. The van der Waals surface area contributed by atoms with Gasteiger partial charge in [-0.2, -0.15) is 0 Å². The molecule has 0 aromatic heterocycles. The Labute approximate surface area is 129 Å². The van der Waals surface area contributed by atoms with Crippen LogP contribution in [0.5, 0.6) is 11.5 Å². The topological polar surface area (TPSA) is 40.5 Å². The van der Waals surface area contributed by atoms with Gasteiger partial charge in [0.1, 0.15) is 11.5 Å². The largest absolute Gasteiger partial charge is 0.508 e. The maximum Gasteiger partial charge on any atom is 0.119 e. The average molecular weight is 290 g/mol. The highest BCUT2D eigenvalue weighted by molar-refractivity contribution is 5.36. The van der Waals surface area contributed by atoms with Gasteiger partial charge in [-0.05, 0) is 49.8 Å². The molecular formula is C19H30O2. The summed E-state index contributed by atoms with van der Waals surface area (Å²) < 4.78 is 0. The van der Waals surface area contributed by atoms with Crippen molar-refractivity contribution in [2.75, 3.05) is 0 Å². The summed E-state index contributed by atoms with van der Waals surface area (Å²) in [6, 6.07) is 4.81. The van der Waals surface area contributed by atoms with Crippen LogP contribution in [0, 0.1) is 0 Å². The van der Waals surface area contributed by atoms with E-state index < -0.39 is 0 Å². The number of benzene rings is 1. The van der Waals surface area contributed by atoms with Gasteiger partial charge in [0, 0.05) is 6.07 Å². The van der Waals surface area contributed by atoms with Gasteiger partial charge >= 0.3 is 0 Å². The van der Waals surface area contributed by atoms with Gasteiger partial charge in [-0.15, -0.1) is 0 Å². The van der Waals surface area contributed by atoms with E-state index in [2.05, 4.69) is 19.1 Å². The standard InChI is InChI=1S/C19H30O2/c1-2-3-4-5-6-7-8-9-10-11-12-13-17-14-18(20)16-19(21)15-17/h9-10,14-16,20-21H,2-8,11-13H2,1H3/b10-9-. The third-order valence-electron chi connectivity index (χ3n) is 3.69. The highest BCUT2D eigenvalue weighted by atomic mass is 16.3. The van der Waals surface area contributed by atoms with Crippen LogP contribution in [0.2, 0.25) is 0 Å². The minimum atomic E-state index is 0.142. The second kappa shape index (κ2) is 11.2. The molecular weight excluding hydrogens is 260 g/mol. The summed E-state index contributed by atoms with van der Waals surface area (Å²) in [4.78, 5) is 0. The zero-order chi connectivity index (χ0) is 15.3. The number of hydrogen-bond donors (Lipinski definition) is 2. The highest BCUT2D eigenvalue weighted by Crippen LogP contribution is 2.21. The molecule has 0 saturated carbocycles. The number of phenolic OH excluding ortho intramolecular Hbond substituents is 2. The third-order valence-corrected chi connectivity index (χ3v) is 3.69. The van der Waals surface area contributed by atoms with E-state index in [1.54, 1.807) is 12.1 Å². The maximum absolute atomic E-state index is 9.40. The molecule has 1 aromatic rings. The van der Waals surface area contributed by atoms with Gasteiger partial charge < -0.3 is 10.2 Å². The van der Waals surface area contributed by atoms with E-state index in [0.717, 1.165) is 24.8 Å². The van der Waals surface area contributed by atoms with Gasteiger partial charge in [0.25, 0.3) is 0 Å². The second-order valence-corrected chi connectivity index (χ2v) is 5.78. The third kappa shape index (κ3) is 9.17. The van der Waals surface area contributed by atoms with E-state index >= 15 is 0 Å². The van der Waals surface area contributed by atoms with Crippen LogP contribution >= 0.6 is 0 Å². The predicted octanol–water partition coefficient (Wildman–Crippen LogP) is 5.73. The number of allylic oxidation sites excluding steroid dienone is 2. The molecule has 0 unspecified atom stereocenters. The van der Waals surface area contributed by atoms with Crippen LogP contribution in [0.25, 0.3) is 0 Å². The SMILES string of the molecule is CCCCCCCC/C=C\CCCc1cc(O)cc(O)c1. The van der Waals surface area contributed by atoms with Crippen molar-refractivity contribution in [1.82, 2.24) is 0 Å². The summed E-state index contributed by atoms with van der Waals surface area (Å²) in [6.45, 7) is 2.25. The Balaban J connectivity index is 2.02. The minimum Gasteiger partial charge on any atom is -0.508 e. The molecule has 0 bridgehead atoms. The normalized spacial score (nSPS) is 11.3. The van der Waals surface area contributed by atoms with Crippen molar-refractivity contribution in [3.63, 3.8) is 0 Å². The van der Waals surface area contributed by atoms with Crippen molar-refractivity contribution in [3.05, 3.63) is 35.9 Å². The van der Waals surface area contributed by atoms with Gasteiger partial charge in [0.2, 0.25) is 0 Å². The first-order valence-corrected chi connectivity index (χ1v) is 8.39. The molecule has 0 saturated heterocycles. The van der Waals surface area contributed by atoms with Crippen molar-refractivity contribution in [2.24, 2.45) is 0 Å². The van der Waals surface area contributed by atoms with E-state index in [-0.39, 0.29) is 11.5 Å². The van der Waals surface area contributed by atoms with Crippen molar-refractivity contribution >= 4 is 0 Å². The average Bonchev–Trinajstić information content (AvgIpc) is 2.44. The Morgan fingerprint density at radius 3 is 2.00 bits per heavy atom. The van der Waals surface area contributed by atoms with Crippen LogP contribution < -0.4 is 0 Å². The molecule has 0 radical (unpaired) electrons. The van der Waals surface area contributed by atoms with Crippen LogP contribution in [0.15, 0.2) is 30.4 Å². The zero-order valence-electron chi connectivity index (χ0n) is 13.4. The molecule has 0 fully saturated rings. The minimum absolute atomic E-state index is 0.142. The molecule has 0 aliphatic rings. The summed E-state index contributed by atoms with van der Waals surface area (Å²) >= 11 is 0. The van der Waals surface area contributed by atoms with Gasteiger partial charge in [-0.1, -0.05) is 51.2 Å². The predicted molar refractivity (Wildman–Crippen MR) is 89.8 cm³/mol. The van der Waals surface area contributed by atoms with Gasteiger partial charge in [0.15, 0.2) is 0 Å². The number of unbranched alkanes of at least 4 members (excludes halogenated alkanes) is 7. The molecule has 0 amide bonds. The van der Waals surface area contributed by atoms with Gasteiger partial charge in [-0.25, -0.2) is 0 Å². The highest BCUT2D eigenvalue weighted by Gasteiger charge is 1.98. The number of phenols is 2. The van der Waals surface area contributed by atoms with E-state index in [0.29, 0.717) is 0 Å². The number of hydrogen-bond acceptors (Lipinski definition) is 2. The molecule has 0 atom stereocenters. The van der Waals surface area contributed by atoms with Crippen molar-refractivity contribution in [3.8, 4) is 11.5 Å². The fourth-order valence-electron chi connectivity index (χ4n) is 2.50. The van der Waals surface area contributed by atoms with E-state index in [1.165, 1.54) is 51.0 Å². The molecule has 0 aliphatic heterocycles. The Kier molecular flexibility index (Phi) is 9.43. The van der Waals surface area contributed by atoms with E-state index in [9.17, 15) is 10.2 Å². The molecule has 2 heteroatoms. The fraction of sp³-hybridized carbons (Fsp3) is 0.579. The second-order valence-electron chi connectivity index (χ2n) is 5.78. The molecule has 21 heavy (non-hydrogen) atoms. The van der Waals surface area contributed by atoms with Crippen LogP contribution in [0.1, 0.15) is 70.3 Å². The Bertz CT molecular complexity index is 390. The van der Waals surface area contributed by atoms with Crippen molar-refractivity contribution in [2.45, 2.75) is 71.1 Å². The smallest absolute Gasteiger partial charge is 0.119 e. The van der Waals surface area contributed by atoms with Crippen LogP contribution in [0.4, 0.5) is 0 Å². The van der Waals surface area contributed by atoms with E-state index in [1.807, 2.05) is 0 Å². The number of aryl methyl sites for hydroxylation is 1. The quantitative estimate of drug-likeness (QED) is 0.404. The summed E-state index contributed by atoms with van der Waals surface area (Å²) in [5, 5.41) is 18.8. The van der Waals surface area contributed by atoms with E-state index in [4.69, 9.17) is 0 Å². The Morgan fingerprint density at radius 1 is 0.762 bits per heavy atom. The first-order chi connectivity index (χ1) is 10.2. The molecule has 1 rings (SSSR count). The first kappa shape index (κ1) is 17.6. The number of rotatable bonds is 11. The molecule has 0 heterocycles. The van der Waals surface area contributed by atoms with Crippen molar-refractivity contribution < 1.29 is 10.2 Å². The lowest BCUT2D eigenvalue weighted by atomic mass is 10.1. The summed E-state index contributed by atoms with van der Waals surface area (Å²) in [6.07, 6.45) is 16.9. The lowest BCUT2D eigenvalue weighted by Gasteiger charge is -2.02. The molecule has 2 nitrogen and oxygen atoms in total. The van der Waals surface area contributed by atoms with Crippen LogP contribution in [0.3, 0.4) is 0 Å². The van der Waals surface area contributed by atoms with Gasteiger partial charge in [-0.3, -0.25) is 0 Å². The Hall–Kier alpha value is -1.44. The first-order valence-electron chi connectivity index (χ1n) is 8.39. The molecule has 118 valence electrons. The maximum atomic E-state index is 9.40. The zero-order valence-corrected chi connectivity index (χ0v) is 13.4. The lowest BCUT2D eigenvalue weighted by Crippen LogP contribution is -1.84. The molecule has 1 aromatic carbocycles. The van der Waals surface area contributed by atoms with Crippen LogP contribution in [-0.4, -0.2) is 10.2 Å². The van der Waals surface area contributed by atoms with Gasteiger partial charge in [0.05, 0.1) is 0 Å². The lowest BCUT2D eigenvalue weighted by molar-refractivity contribution is 0.449. The Morgan fingerprint density at radius 2 is 1.33 bits per heavy atom.